The van der Waals surface area contributed by atoms with Crippen LogP contribution in [0.15, 0.2) is 60.2 Å². The van der Waals surface area contributed by atoms with Crippen LogP contribution in [-0.4, -0.2) is 119 Å². The summed E-state index contributed by atoms with van der Waals surface area (Å²) < 4.78 is 29.9. The number of hydroxylamine groups is 2. The lowest BCUT2D eigenvalue weighted by Crippen LogP contribution is -2.70. The molecule has 9 rings (SSSR count). The molecule has 3 saturated carbocycles. The first-order valence-corrected chi connectivity index (χ1v) is 23.7. The van der Waals surface area contributed by atoms with Crippen LogP contribution < -0.4 is 5.32 Å². The fourth-order valence-electron chi connectivity index (χ4n) is 12.1. The number of nitrogens with zero attached hydrogens (tertiary/aromatic N) is 2. The number of likely N-dealkylation sites (N-methyl/N-ethyl adjacent to an activating group) is 1. The Labute approximate surface area is 382 Å². The van der Waals surface area contributed by atoms with E-state index in [2.05, 4.69) is 44.3 Å². The van der Waals surface area contributed by atoms with E-state index in [9.17, 15) is 19.5 Å². The zero-order valence-corrected chi connectivity index (χ0v) is 39.0. The average Bonchev–Trinajstić information content (AvgIpc) is 3.53. The van der Waals surface area contributed by atoms with Crippen LogP contribution in [0.5, 0.6) is 0 Å². The summed E-state index contributed by atoms with van der Waals surface area (Å²) in [5, 5.41) is 14.8. The maximum atomic E-state index is 15.6. The van der Waals surface area contributed by atoms with Crippen molar-refractivity contribution in [2.45, 2.75) is 166 Å². The summed E-state index contributed by atoms with van der Waals surface area (Å²) in [6.07, 6.45) is 5.45. The van der Waals surface area contributed by atoms with Crippen LogP contribution in [-0.2, 0) is 60.7 Å². The molecule has 14 heteroatoms. The number of esters is 2. The van der Waals surface area contributed by atoms with Crippen molar-refractivity contribution in [1.82, 2.24) is 15.3 Å². The maximum Gasteiger partial charge on any atom is 0.327 e. The van der Waals surface area contributed by atoms with Gasteiger partial charge >= 0.3 is 11.9 Å². The van der Waals surface area contributed by atoms with Crippen molar-refractivity contribution in [3.63, 3.8) is 0 Å². The summed E-state index contributed by atoms with van der Waals surface area (Å²) in [6, 6.07) is 14.6. The highest BCUT2D eigenvalue weighted by molar-refractivity contribution is 5.96. The summed E-state index contributed by atoms with van der Waals surface area (Å²) in [4.78, 5) is 65.2. The Morgan fingerprint density at radius 1 is 1.02 bits per heavy atom. The first-order chi connectivity index (χ1) is 30.9. The number of rotatable bonds is 13. The lowest BCUT2D eigenvalue weighted by atomic mass is 9.52. The van der Waals surface area contributed by atoms with Crippen LogP contribution in [0, 0.1) is 22.7 Å². The van der Waals surface area contributed by atoms with Crippen LogP contribution >= 0.6 is 0 Å². The monoisotopic (exact) mass is 897 g/mol. The lowest BCUT2D eigenvalue weighted by Gasteiger charge is -2.53. The second-order valence-electron chi connectivity index (χ2n) is 21.6. The van der Waals surface area contributed by atoms with Crippen LogP contribution in [0.1, 0.15) is 110 Å². The van der Waals surface area contributed by atoms with Crippen molar-refractivity contribution < 1.29 is 52.8 Å². The molecule has 7 aliphatic rings. The van der Waals surface area contributed by atoms with E-state index in [-0.39, 0.29) is 44.6 Å². The smallest absolute Gasteiger partial charge is 0.327 e. The molecule has 4 saturated heterocycles. The van der Waals surface area contributed by atoms with E-state index in [4.69, 9.17) is 28.5 Å². The standard InChI is InChI=1S/C51H67N3O11/c1-48(2,3)64-40(56)19-17-34(28-55)52-45(57)37(24-30-12-9-8-10-13-30)53(7)47(59)51-26-38-41-42(61-29-60-41)44(51)65-54(43(51)46(58)62-38)27-32-15-11-14-31(22-32)23-33-16-18-39-50(6,63-39)21-20-36-35(33)25-49(36,4)5/h8-15,22-23,34-39,41-44,55H,16-21,24-29H2,1-7H3,(H,52,57)/t34-,35+,36+,37+,38+,39?,41-,42-,43-,44+,50+,51-/m0/s1. The quantitative estimate of drug-likeness (QED) is 0.187. The summed E-state index contributed by atoms with van der Waals surface area (Å²) in [6.45, 7) is 12.1. The molecule has 0 radical (unpaired) electrons. The number of hydrogen-bond acceptors (Lipinski definition) is 12. The van der Waals surface area contributed by atoms with E-state index in [0.717, 1.165) is 42.4 Å². The summed E-state index contributed by atoms with van der Waals surface area (Å²) in [7, 11) is 1.58. The SMILES string of the molecule is CN(C(=O)[C@@]12C[C@H]3OC(=O)[C@@H]1N(Cc1cccc(C=C4CCC5O[C@]5(C)CC[C@@H]5[C@@H]4CC5(C)C)c1)O[C@@H]2[C@H]1OCO[C@H]13)[C@H](Cc1ccccc1)C(=O)N[C@H](CO)CCC(=O)OC(C)(C)C. The highest BCUT2D eigenvalue weighted by Gasteiger charge is 2.75. The molecule has 2 aromatic carbocycles. The van der Waals surface area contributed by atoms with Crippen LogP contribution in [0.25, 0.3) is 6.08 Å². The Morgan fingerprint density at radius 3 is 2.51 bits per heavy atom. The first kappa shape index (κ1) is 46.0. The second kappa shape index (κ2) is 17.5. The van der Waals surface area contributed by atoms with Crippen LogP contribution in [0.3, 0.4) is 0 Å². The molecule has 2 amide bonds. The fraction of sp³-hybridized carbons (Fsp3) is 0.647. The first-order valence-electron chi connectivity index (χ1n) is 23.7. The van der Waals surface area contributed by atoms with E-state index in [0.29, 0.717) is 23.4 Å². The number of epoxide rings is 1. The van der Waals surface area contributed by atoms with Gasteiger partial charge in [0.05, 0.1) is 30.9 Å². The van der Waals surface area contributed by atoms with Gasteiger partial charge in [-0.3, -0.25) is 24.0 Å². The molecule has 65 heavy (non-hydrogen) atoms. The van der Waals surface area contributed by atoms with E-state index >= 15 is 4.79 Å². The van der Waals surface area contributed by atoms with Gasteiger partial charge in [-0.25, -0.2) is 0 Å². The topological polar surface area (TPSA) is 166 Å². The maximum absolute atomic E-state index is 15.6. The number of amides is 2. The second-order valence-corrected chi connectivity index (χ2v) is 21.6. The number of carbonyl (C=O) groups excluding carboxylic acids is 4. The molecular weight excluding hydrogens is 831 g/mol. The van der Waals surface area contributed by atoms with Crippen molar-refractivity contribution in [3.8, 4) is 0 Å². The number of fused-ring (bicyclic) bond motifs is 6. The Kier molecular flexibility index (Phi) is 12.4. The molecular formula is C51H67N3O11. The number of ether oxygens (including phenoxy) is 5. The average molecular weight is 898 g/mol. The Balaban J connectivity index is 0.989. The van der Waals surface area contributed by atoms with E-state index in [1.54, 1.807) is 32.9 Å². The molecule has 7 fully saturated rings. The number of carbonyl (C=O) groups is 4. The predicted molar refractivity (Wildman–Crippen MR) is 238 cm³/mol. The third kappa shape index (κ3) is 8.91. The molecule has 1 unspecified atom stereocenters. The van der Waals surface area contributed by atoms with Crippen molar-refractivity contribution in [1.29, 1.82) is 0 Å². The highest BCUT2D eigenvalue weighted by Crippen LogP contribution is 2.60. The number of aliphatic hydroxyl groups is 1. The largest absolute Gasteiger partial charge is 0.460 e. The minimum absolute atomic E-state index is 0.00463. The number of allylic oxidation sites excluding steroid dienone is 1. The van der Waals surface area contributed by atoms with Crippen molar-refractivity contribution in [3.05, 3.63) is 76.9 Å². The lowest BCUT2D eigenvalue weighted by molar-refractivity contribution is -0.204. The number of nitrogens with one attached hydrogen (secondary N) is 1. The molecule has 14 nitrogen and oxygen atoms in total. The zero-order valence-electron chi connectivity index (χ0n) is 39.0. The molecule has 2 bridgehead atoms. The van der Waals surface area contributed by atoms with Crippen molar-refractivity contribution in [2.24, 2.45) is 22.7 Å². The number of hydrogen-bond donors (Lipinski definition) is 2. The van der Waals surface area contributed by atoms with Gasteiger partial charge in [-0.15, -0.1) is 0 Å². The van der Waals surface area contributed by atoms with E-state index in [1.165, 1.54) is 16.9 Å². The van der Waals surface area contributed by atoms with Gasteiger partial charge in [-0.2, -0.15) is 5.06 Å². The van der Waals surface area contributed by atoms with Gasteiger partial charge in [-0.05, 0) is 100 Å². The molecule has 4 heterocycles. The van der Waals surface area contributed by atoms with Gasteiger partial charge in [0, 0.05) is 26.3 Å². The van der Waals surface area contributed by atoms with Gasteiger partial charge in [0.1, 0.15) is 48.3 Å². The molecule has 2 N–H and O–H groups in total. The van der Waals surface area contributed by atoms with Crippen LogP contribution in [0.2, 0.25) is 0 Å². The fourth-order valence-corrected chi connectivity index (χ4v) is 12.1. The van der Waals surface area contributed by atoms with Gasteiger partial charge in [0.15, 0.2) is 6.04 Å². The number of benzene rings is 2. The molecule has 352 valence electrons. The molecule has 12 atom stereocenters. The van der Waals surface area contributed by atoms with E-state index < -0.39 is 83.9 Å². The molecule has 2 aromatic rings. The van der Waals surface area contributed by atoms with Gasteiger partial charge < -0.3 is 39.0 Å². The minimum Gasteiger partial charge on any atom is -0.460 e. The molecule has 0 spiro atoms. The minimum atomic E-state index is -1.49. The summed E-state index contributed by atoms with van der Waals surface area (Å²) >= 11 is 0. The van der Waals surface area contributed by atoms with Gasteiger partial charge in [0.2, 0.25) is 11.8 Å². The summed E-state index contributed by atoms with van der Waals surface area (Å²) in [5.74, 6) is -0.869. The number of aliphatic hydroxyl groups excluding tert-OH is 1. The third-order valence-electron chi connectivity index (χ3n) is 15.6. The molecule has 4 aliphatic heterocycles. The molecule has 0 aromatic heterocycles. The predicted octanol–water partition coefficient (Wildman–Crippen LogP) is 5.67. The Hall–Kier alpha value is -4.18. The zero-order chi connectivity index (χ0) is 46.1. The highest BCUT2D eigenvalue weighted by atomic mass is 16.8. The van der Waals surface area contributed by atoms with E-state index in [1.807, 2.05) is 42.5 Å². The van der Waals surface area contributed by atoms with Crippen molar-refractivity contribution in [2.75, 3.05) is 20.4 Å². The van der Waals surface area contributed by atoms with Gasteiger partial charge in [0.25, 0.3) is 0 Å². The normalized spacial score (nSPS) is 34.8. The summed E-state index contributed by atoms with van der Waals surface area (Å²) in [5.41, 5.74) is 2.37. The van der Waals surface area contributed by atoms with Gasteiger partial charge in [-0.1, -0.05) is 80.1 Å². The molecule has 3 aliphatic carbocycles. The Bertz CT molecular complexity index is 2170. The van der Waals surface area contributed by atoms with Crippen LogP contribution in [0.4, 0.5) is 0 Å². The van der Waals surface area contributed by atoms with Crippen molar-refractivity contribution >= 4 is 29.8 Å². The Morgan fingerprint density at radius 2 is 1.77 bits per heavy atom. The third-order valence-corrected chi connectivity index (χ3v) is 15.6.